The van der Waals surface area contributed by atoms with Crippen LogP contribution in [-0.4, -0.2) is 36.9 Å². The van der Waals surface area contributed by atoms with Crippen molar-refractivity contribution in [2.24, 2.45) is 0 Å². The summed E-state index contributed by atoms with van der Waals surface area (Å²) in [4.78, 5) is 20.8. The van der Waals surface area contributed by atoms with Crippen LogP contribution in [0.25, 0.3) is 0 Å². The molecule has 1 amide bonds. The Morgan fingerprint density at radius 3 is 2.41 bits per heavy atom. The third-order valence-corrected chi connectivity index (χ3v) is 4.18. The topological polar surface area (TPSA) is 104 Å². The van der Waals surface area contributed by atoms with E-state index in [-0.39, 0.29) is 12.7 Å². The zero-order valence-corrected chi connectivity index (χ0v) is 15.8. The van der Waals surface area contributed by atoms with Crippen molar-refractivity contribution in [1.82, 2.24) is 9.97 Å². The van der Waals surface area contributed by atoms with Gasteiger partial charge in [0, 0.05) is 35.9 Å². The Bertz CT molecular complexity index is 1040. The number of anilines is 3. The van der Waals surface area contributed by atoms with Crippen LogP contribution in [0.1, 0.15) is 10.4 Å². The summed E-state index contributed by atoms with van der Waals surface area (Å²) in [6.45, 7) is 0.176. The van der Waals surface area contributed by atoms with Crippen LogP contribution in [-0.2, 0) is 0 Å². The average molecular weight is 394 g/mol. The van der Waals surface area contributed by atoms with Gasteiger partial charge in [0.05, 0.1) is 19.8 Å². The highest BCUT2D eigenvalue weighted by molar-refractivity contribution is 6.04. The van der Waals surface area contributed by atoms with Gasteiger partial charge < -0.3 is 29.6 Å². The fourth-order valence-electron chi connectivity index (χ4n) is 2.73. The number of aromatic nitrogens is 2. The first-order valence-corrected chi connectivity index (χ1v) is 8.68. The molecule has 1 aliphatic heterocycles. The largest absolute Gasteiger partial charge is 0.493 e. The van der Waals surface area contributed by atoms with E-state index in [4.69, 9.17) is 18.9 Å². The maximum Gasteiger partial charge on any atom is 0.258 e. The van der Waals surface area contributed by atoms with Gasteiger partial charge in [0.25, 0.3) is 5.91 Å². The van der Waals surface area contributed by atoms with Gasteiger partial charge in [-0.2, -0.15) is 0 Å². The van der Waals surface area contributed by atoms with Gasteiger partial charge in [-0.05, 0) is 24.3 Å². The van der Waals surface area contributed by atoms with E-state index in [2.05, 4.69) is 20.6 Å². The molecule has 9 nitrogen and oxygen atoms in total. The lowest BCUT2D eigenvalue weighted by Crippen LogP contribution is -2.13. The molecule has 0 fully saturated rings. The molecule has 2 aromatic carbocycles. The number of hydrogen-bond acceptors (Lipinski definition) is 8. The maximum absolute atomic E-state index is 12.4. The molecule has 0 unspecified atom stereocenters. The van der Waals surface area contributed by atoms with Gasteiger partial charge >= 0.3 is 0 Å². The second-order valence-electron chi connectivity index (χ2n) is 6.01. The maximum atomic E-state index is 12.4. The van der Waals surface area contributed by atoms with Gasteiger partial charge in [-0.15, -0.1) is 0 Å². The van der Waals surface area contributed by atoms with Crippen LogP contribution in [0.4, 0.5) is 17.3 Å². The molecule has 1 aliphatic rings. The zero-order valence-electron chi connectivity index (χ0n) is 15.8. The van der Waals surface area contributed by atoms with E-state index < -0.39 is 0 Å². The molecule has 0 bridgehead atoms. The van der Waals surface area contributed by atoms with Crippen LogP contribution in [0, 0.1) is 0 Å². The lowest BCUT2D eigenvalue weighted by molar-refractivity contribution is 0.102. The van der Waals surface area contributed by atoms with Crippen molar-refractivity contribution in [2.75, 3.05) is 31.6 Å². The molecular weight excluding hydrogens is 376 g/mol. The number of benzene rings is 2. The molecule has 0 spiro atoms. The van der Waals surface area contributed by atoms with E-state index in [0.717, 1.165) is 5.69 Å². The zero-order chi connectivity index (χ0) is 20.2. The van der Waals surface area contributed by atoms with Gasteiger partial charge in [-0.3, -0.25) is 4.79 Å². The third kappa shape index (κ3) is 3.98. The fraction of sp³-hybridized carbons (Fsp3) is 0.150. The molecule has 1 aromatic heterocycles. The van der Waals surface area contributed by atoms with Crippen molar-refractivity contribution in [3.63, 3.8) is 0 Å². The molecule has 0 saturated carbocycles. The first-order valence-electron chi connectivity index (χ1n) is 8.68. The summed E-state index contributed by atoms with van der Waals surface area (Å²) in [7, 11) is 3.13. The molecule has 9 heteroatoms. The summed E-state index contributed by atoms with van der Waals surface area (Å²) in [6.07, 6.45) is 2.89. The molecule has 0 saturated heterocycles. The molecule has 0 aliphatic carbocycles. The first kappa shape index (κ1) is 18.4. The minimum absolute atomic E-state index is 0.176. The number of nitrogens with zero attached hydrogens (tertiary/aromatic N) is 2. The van der Waals surface area contributed by atoms with Gasteiger partial charge in [0.2, 0.25) is 12.7 Å². The summed E-state index contributed by atoms with van der Waals surface area (Å²) in [5.41, 5.74) is 1.63. The van der Waals surface area contributed by atoms with Gasteiger partial charge in [0.15, 0.2) is 23.0 Å². The molecule has 148 valence electrons. The summed E-state index contributed by atoms with van der Waals surface area (Å²) < 4.78 is 21.0. The molecule has 0 radical (unpaired) electrons. The molecule has 3 aromatic rings. The molecule has 29 heavy (non-hydrogen) atoms. The van der Waals surface area contributed by atoms with Crippen molar-refractivity contribution in [2.45, 2.75) is 0 Å². The monoisotopic (exact) mass is 394 g/mol. The minimum atomic E-state index is -0.332. The Hall–Kier alpha value is -4.01. The van der Waals surface area contributed by atoms with E-state index >= 15 is 0 Å². The Kier molecular flexibility index (Phi) is 5.02. The quantitative estimate of drug-likeness (QED) is 0.657. The van der Waals surface area contributed by atoms with Crippen molar-refractivity contribution in [1.29, 1.82) is 0 Å². The second kappa shape index (κ2) is 7.93. The van der Waals surface area contributed by atoms with Gasteiger partial charge in [-0.1, -0.05) is 0 Å². The predicted octanol–water partition coefficient (Wildman–Crippen LogP) is 3.22. The Balaban J connectivity index is 1.43. The number of methoxy groups -OCH3 is 2. The Morgan fingerprint density at radius 2 is 1.66 bits per heavy atom. The molecule has 0 atom stereocenters. The Morgan fingerprint density at radius 1 is 0.931 bits per heavy atom. The number of hydrogen-bond donors (Lipinski definition) is 2. The summed E-state index contributed by atoms with van der Waals surface area (Å²) in [6, 6.07) is 10.5. The number of amides is 1. The minimum Gasteiger partial charge on any atom is -0.493 e. The molecular formula is C20H18N4O5. The van der Waals surface area contributed by atoms with E-state index in [1.54, 1.807) is 44.6 Å². The first-order chi connectivity index (χ1) is 14.2. The summed E-state index contributed by atoms with van der Waals surface area (Å²) in [5.74, 6) is 2.45. The lowest BCUT2D eigenvalue weighted by atomic mass is 10.2. The van der Waals surface area contributed by atoms with Gasteiger partial charge in [-0.25, -0.2) is 9.97 Å². The van der Waals surface area contributed by atoms with Crippen LogP contribution in [0.2, 0.25) is 0 Å². The highest BCUT2D eigenvalue weighted by Gasteiger charge is 2.15. The number of ether oxygens (including phenoxy) is 4. The third-order valence-electron chi connectivity index (χ3n) is 4.18. The Labute approximate surface area is 166 Å². The fourth-order valence-corrected chi connectivity index (χ4v) is 2.73. The summed E-state index contributed by atoms with van der Waals surface area (Å²) in [5, 5.41) is 5.83. The number of rotatable bonds is 6. The highest BCUT2D eigenvalue weighted by atomic mass is 16.7. The second-order valence-corrected chi connectivity index (χ2v) is 6.01. The number of fused-ring (bicyclic) bond motifs is 1. The van der Waals surface area contributed by atoms with Crippen LogP contribution in [0.15, 0.2) is 48.8 Å². The van der Waals surface area contributed by atoms with Crippen LogP contribution >= 0.6 is 0 Å². The lowest BCUT2D eigenvalue weighted by Gasteiger charge is -2.10. The van der Waals surface area contributed by atoms with Crippen molar-refractivity contribution in [3.05, 3.63) is 54.4 Å². The standard InChI is InChI=1S/C20H18N4O5/c1-26-15-5-3-14(7-17(15)27-2)24-20-21-9-12(10-22-20)19(25)23-13-4-6-16-18(8-13)29-11-28-16/h3-10H,11H2,1-2H3,(H,23,25)(H,21,22,24). The van der Waals surface area contributed by atoms with Crippen LogP contribution in [0.3, 0.4) is 0 Å². The molecule has 2 N–H and O–H groups in total. The van der Waals surface area contributed by atoms with Crippen molar-refractivity contribution < 1.29 is 23.7 Å². The smallest absolute Gasteiger partial charge is 0.258 e. The highest BCUT2D eigenvalue weighted by Crippen LogP contribution is 2.34. The van der Waals surface area contributed by atoms with E-state index in [1.165, 1.54) is 12.4 Å². The SMILES string of the molecule is COc1ccc(Nc2ncc(C(=O)Nc3ccc4c(c3)OCO4)cn2)cc1OC. The van der Waals surface area contributed by atoms with Crippen LogP contribution in [0.5, 0.6) is 23.0 Å². The molecule has 2 heterocycles. The van der Waals surface area contributed by atoms with Crippen LogP contribution < -0.4 is 29.6 Å². The van der Waals surface area contributed by atoms with E-state index in [0.29, 0.717) is 40.2 Å². The van der Waals surface area contributed by atoms with Gasteiger partial charge in [0.1, 0.15) is 0 Å². The van der Waals surface area contributed by atoms with E-state index in [9.17, 15) is 4.79 Å². The van der Waals surface area contributed by atoms with Crippen molar-refractivity contribution in [3.8, 4) is 23.0 Å². The van der Waals surface area contributed by atoms with Crippen molar-refractivity contribution >= 4 is 23.2 Å². The molecule has 4 rings (SSSR count). The number of carbonyl (C=O) groups excluding carboxylic acids is 1. The summed E-state index contributed by atoms with van der Waals surface area (Å²) >= 11 is 0. The predicted molar refractivity (Wildman–Crippen MR) is 105 cm³/mol. The normalized spacial score (nSPS) is 11.7. The average Bonchev–Trinajstić information content (AvgIpc) is 3.22. The number of nitrogens with one attached hydrogen (secondary N) is 2. The number of carbonyl (C=O) groups is 1. The van der Waals surface area contributed by atoms with E-state index in [1.807, 2.05) is 6.07 Å².